The summed E-state index contributed by atoms with van der Waals surface area (Å²) in [7, 11) is 0. The Morgan fingerprint density at radius 1 is 0.655 bits per heavy atom. The summed E-state index contributed by atoms with van der Waals surface area (Å²) in [4.78, 5) is 20.2. The molecule has 0 bridgehead atoms. The van der Waals surface area contributed by atoms with Gasteiger partial charge in [-0.25, -0.2) is 24.9 Å². The molecule has 0 aromatic heterocycles. The van der Waals surface area contributed by atoms with Crippen LogP contribution in [0, 0.1) is 27.7 Å². The number of aryl methyl sites for hydroxylation is 4. The molecule has 0 N–H and O–H groups in total. The van der Waals surface area contributed by atoms with Gasteiger partial charge < -0.3 is 0 Å². The maximum absolute atomic E-state index is 4.78. The Labute approximate surface area is 170 Å². The van der Waals surface area contributed by atoms with Gasteiger partial charge in [-0.1, -0.05) is 34.4 Å². The van der Waals surface area contributed by atoms with E-state index in [9.17, 15) is 0 Å². The van der Waals surface area contributed by atoms with Crippen LogP contribution in [0.5, 0.6) is 0 Å². The Balaban J connectivity index is 1.66. The van der Waals surface area contributed by atoms with E-state index in [0.29, 0.717) is 11.9 Å². The van der Waals surface area contributed by atoms with Gasteiger partial charge in [0.25, 0.3) is 0 Å². The topological polar surface area (TPSA) is 52.7 Å². The molecule has 0 unspecified atom stereocenters. The predicted molar refractivity (Wildman–Crippen MR) is 120 cm³/mol. The second kappa shape index (κ2) is 6.48. The SMILES string of the molecule is Cc1cc(C)cc(C2=CC3=CC(c4cc(C)cc(C)c4)=NC4=NC=NC(=N2)N34)c1. The van der Waals surface area contributed by atoms with Gasteiger partial charge in [-0.15, -0.1) is 0 Å². The van der Waals surface area contributed by atoms with Crippen LogP contribution in [0.15, 0.2) is 74.2 Å². The second-order valence-corrected chi connectivity index (χ2v) is 7.77. The molecule has 29 heavy (non-hydrogen) atoms. The van der Waals surface area contributed by atoms with Crippen LogP contribution in [0.3, 0.4) is 0 Å². The minimum Gasteiger partial charge on any atom is -0.246 e. The summed E-state index contributed by atoms with van der Waals surface area (Å²) in [5.41, 5.74) is 9.81. The van der Waals surface area contributed by atoms with E-state index in [-0.39, 0.29) is 0 Å². The molecule has 2 aromatic rings. The molecular weight excluding hydrogens is 358 g/mol. The van der Waals surface area contributed by atoms with E-state index in [1.165, 1.54) is 28.6 Å². The Bertz CT molecular complexity index is 1150. The Morgan fingerprint density at radius 2 is 1.28 bits per heavy atom. The zero-order valence-electron chi connectivity index (χ0n) is 16.9. The molecule has 3 aliphatic heterocycles. The van der Waals surface area contributed by atoms with E-state index >= 15 is 0 Å². The molecule has 3 heterocycles. The average Bonchev–Trinajstić information content (AvgIpc) is 2.66. The first-order valence-corrected chi connectivity index (χ1v) is 9.65. The van der Waals surface area contributed by atoms with Gasteiger partial charge in [-0.3, -0.25) is 0 Å². The van der Waals surface area contributed by atoms with E-state index in [4.69, 9.17) is 9.98 Å². The standard InChI is InChI=1S/C24H21N5/c1-14-5-15(2)8-18(7-14)21-11-20-12-22(19-9-16(3)6-17(4)10-19)28-24-26-13-25-23(27-21)29(20)24/h5-13H,1-4H3. The number of benzene rings is 2. The maximum Gasteiger partial charge on any atom is 0.239 e. The fraction of sp³-hybridized carbons (Fsp3) is 0.167. The van der Waals surface area contributed by atoms with Crippen molar-refractivity contribution in [2.24, 2.45) is 20.0 Å². The van der Waals surface area contributed by atoms with Gasteiger partial charge in [0.05, 0.1) is 17.1 Å². The van der Waals surface area contributed by atoms with Gasteiger partial charge in [0.2, 0.25) is 11.9 Å². The lowest BCUT2D eigenvalue weighted by molar-refractivity contribution is 0.738. The third-order valence-electron chi connectivity index (χ3n) is 5.05. The lowest BCUT2D eigenvalue weighted by Gasteiger charge is -2.31. The zero-order valence-corrected chi connectivity index (χ0v) is 16.9. The highest BCUT2D eigenvalue weighted by molar-refractivity contribution is 6.22. The van der Waals surface area contributed by atoms with Crippen molar-refractivity contribution in [3.05, 3.63) is 87.6 Å². The van der Waals surface area contributed by atoms with Crippen LogP contribution in [0.4, 0.5) is 0 Å². The van der Waals surface area contributed by atoms with Crippen LogP contribution in [-0.4, -0.2) is 28.9 Å². The zero-order chi connectivity index (χ0) is 20.1. The number of rotatable bonds is 2. The fourth-order valence-corrected chi connectivity index (χ4v) is 4.00. The first-order valence-electron chi connectivity index (χ1n) is 9.65. The molecule has 0 atom stereocenters. The smallest absolute Gasteiger partial charge is 0.239 e. The molecule has 0 aliphatic carbocycles. The van der Waals surface area contributed by atoms with Crippen molar-refractivity contribution >= 4 is 29.7 Å². The molecule has 5 rings (SSSR count). The van der Waals surface area contributed by atoms with Crippen LogP contribution in [-0.2, 0) is 0 Å². The molecule has 0 radical (unpaired) electrons. The van der Waals surface area contributed by atoms with Gasteiger partial charge in [0, 0.05) is 11.1 Å². The predicted octanol–water partition coefficient (Wildman–Crippen LogP) is 4.72. The minimum atomic E-state index is 0.598. The molecule has 5 nitrogen and oxygen atoms in total. The lowest BCUT2D eigenvalue weighted by atomic mass is 10.00. The summed E-state index contributed by atoms with van der Waals surface area (Å²) in [5, 5.41) is 0. The van der Waals surface area contributed by atoms with Crippen LogP contribution in [0.2, 0.25) is 0 Å². The summed E-state index contributed by atoms with van der Waals surface area (Å²) in [6.07, 6.45) is 5.71. The summed E-state index contributed by atoms with van der Waals surface area (Å²) in [6, 6.07) is 13.0. The van der Waals surface area contributed by atoms with Crippen molar-refractivity contribution in [1.29, 1.82) is 0 Å². The van der Waals surface area contributed by atoms with Gasteiger partial charge in [-0.05, 0) is 64.1 Å². The molecule has 142 valence electrons. The highest BCUT2D eigenvalue weighted by Gasteiger charge is 2.30. The molecule has 0 amide bonds. The van der Waals surface area contributed by atoms with E-state index in [0.717, 1.165) is 28.2 Å². The van der Waals surface area contributed by atoms with Crippen LogP contribution in [0.25, 0.3) is 5.70 Å². The number of allylic oxidation sites excluding steroid dienone is 2. The van der Waals surface area contributed by atoms with E-state index in [1.54, 1.807) is 0 Å². The first kappa shape index (κ1) is 17.5. The number of hydrogen-bond acceptors (Lipinski definition) is 5. The van der Waals surface area contributed by atoms with Gasteiger partial charge in [0.1, 0.15) is 6.34 Å². The summed E-state index contributed by atoms with van der Waals surface area (Å²) in [6.45, 7) is 8.42. The summed E-state index contributed by atoms with van der Waals surface area (Å²) in [5.74, 6) is 1.20. The molecule has 0 saturated carbocycles. The van der Waals surface area contributed by atoms with E-state index < -0.39 is 0 Å². The highest BCUT2D eigenvalue weighted by Crippen LogP contribution is 2.31. The van der Waals surface area contributed by atoms with Crippen molar-refractivity contribution in [3.63, 3.8) is 0 Å². The van der Waals surface area contributed by atoms with E-state index in [1.807, 2.05) is 4.90 Å². The van der Waals surface area contributed by atoms with Gasteiger partial charge in [-0.2, -0.15) is 0 Å². The quantitative estimate of drug-likeness (QED) is 0.745. The molecule has 2 aromatic carbocycles. The third-order valence-corrected chi connectivity index (χ3v) is 5.05. The largest absolute Gasteiger partial charge is 0.246 e. The molecule has 3 aliphatic rings. The maximum atomic E-state index is 4.78. The third kappa shape index (κ3) is 3.14. The number of nitrogens with zero attached hydrogens (tertiary/aromatic N) is 5. The molecule has 5 heteroatoms. The van der Waals surface area contributed by atoms with Crippen molar-refractivity contribution in [1.82, 2.24) is 4.90 Å². The Hall–Kier alpha value is -3.60. The molecule has 0 saturated heterocycles. The second-order valence-electron chi connectivity index (χ2n) is 7.77. The van der Waals surface area contributed by atoms with Crippen LogP contribution >= 0.6 is 0 Å². The highest BCUT2D eigenvalue weighted by atomic mass is 15.4. The average molecular weight is 379 g/mol. The van der Waals surface area contributed by atoms with Gasteiger partial charge >= 0.3 is 0 Å². The minimum absolute atomic E-state index is 0.598. The molecular formula is C24H21N5. The molecule has 0 spiro atoms. The van der Waals surface area contributed by atoms with E-state index in [2.05, 4.69) is 86.2 Å². The van der Waals surface area contributed by atoms with Crippen LogP contribution in [0.1, 0.15) is 33.4 Å². The molecule has 0 fully saturated rings. The normalized spacial score (nSPS) is 17.1. The number of hydrogen-bond donors (Lipinski definition) is 0. The monoisotopic (exact) mass is 379 g/mol. The summed E-state index contributed by atoms with van der Waals surface area (Å²) < 4.78 is 0. The van der Waals surface area contributed by atoms with Crippen molar-refractivity contribution in [3.8, 4) is 0 Å². The van der Waals surface area contributed by atoms with Crippen molar-refractivity contribution in [2.75, 3.05) is 0 Å². The van der Waals surface area contributed by atoms with Crippen LogP contribution < -0.4 is 0 Å². The van der Waals surface area contributed by atoms with Crippen molar-refractivity contribution < 1.29 is 0 Å². The Kier molecular flexibility index (Phi) is 3.91. The van der Waals surface area contributed by atoms with Crippen molar-refractivity contribution in [2.45, 2.75) is 27.7 Å². The lowest BCUT2D eigenvalue weighted by Crippen LogP contribution is -2.40. The number of aliphatic imine (C=N–C) groups is 4. The fourth-order valence-electron chi connectivity index (χ4n) is 4.00. The van der Waals surface area contributed by atoms with Gasteiger partial charge in [0.15, 0.2) is 0 Å². The summed E-state index contributed by atoms with van der Waals surface area (Å²) >= 11 is 0. The number of guanidine groups is 2. The first-order chi connectivity index (χ1) is 14.0. The Morgan fingerprint density at radius 3 is 1.93 bits per heavy atom.